The molecule has 0 aliphatic heterocycles. The summed E-state index contributed by atoms with van der Waals surface area (Å²) in [5.74, 6) is -93.4. The van der Waals surface area contributed by atoms with Gasteiger partial charge in [0.25, 0.3) is 4.33 Å². The molecule has 44 heavy (non-hydrogen) atoms. The molecule has 0 spiro atoms. The molecular formula is C13HCl2F25O3S. The lowest BCUT2D eigenvalue weighted by atomic mass is 9.85. The van der Waals surface area contributed by atoms with E-state index in [0.717, 1.165) is 0 Å². The van der Waals surface area contributed by atoms with Crippen LogP contribution in [0.15, 0.2) is 0 Å². The Morgan fingerprint density at radius 3 is 0.659 bits per heavy atom. The van der Waals surface area contributed by atoms with Gasteiger partial charge in [-0.3, -0.25) is 4.55 Å². The van der Waals surface area contributed by atoms with Crippen molar-refractivity contribution in [2.24, 2.45) is 0 Å². The highest BCUT2D eigenvalue weighted by atomic mass is 35.5. The molecule has 31 heteroatoms. The van der Waals surface area contributed by atoms with Crippen LogP contribution in [0.3, 0.4) is 0 Å². The third-order valence-corrected chi connectivity index (χ3v) is 7.12. The molecule has 0 aromatic rings. The van der Waals surface area contributed by atoms with E-state index < -0.39 is 85.1 Å². The van der Waals surface area contributed by atoms with Gasteiger partial charge in [0, 0.05) is 0 Å². The van der Waals surface area contributed by atoms with E-state index >= 15 is 0 Å². The highest BCUT2D eigenvalue weighted by Crippen LogP contribution is 2.69. The number of alkyl halides is 27. The van der Waals surface area contributed by atoms with Gasteiger partial charge in [-0.2, -0.15) is 118 Å². The molecule has 0 aromatic heterocycles. The summed E-state index contributed by atoms with van der Waals surface area (Å²) < 4.78 is 355. The largest absolute Gasteiger partial charge is 0.460 e. The third kappa shape index (κ3) is 4.80. The smallest absolute Gasteiger partial charge is 0.281 e. The fraction of sp³-hybridized carbons (Fsp3) is 1.00. The van der Waals surface area contributed by atoms with Crippen LogP contribution in [0.1, 0.15) is 0 Å². The van der Waals surface area contributed by atoms with Gasteiger partial charge in [0.05, 0.1) is 0 Å². The summed E-state index contributed by atoms with van der Waals surface area (Å²) in [5, 5.41) is -7.42. The van der Waals surface area contributed by atoms with Crippen LogP contribution in [-0.2, 0) is 10.1 Å². The van der Waals surface area contributed by atoms with Crippen molar-refractivity contribution in [1.29, 1.82) is 0 Å². The summed E-state index contributed by atoms with van der Waals surface area (Å²) in [7, 11) is -7.81. The first-order valence-corrected chi connectivity index (χ1v) is 11.0. The van der Waals surface area contributed by atoms with Crippen LogP contribution in [0.2, 0.25) is 0 Å². The first kappa shape index (κ1) is 42.7. The van der Waals surface area contributed by atoms with E-state index in [2.05, 4.69) is 23.2 Å². The van der Waals surface area contributed by atoms with E-state index in [9.17, 15) is 118 Å². The lowest BCUT2D eigenvalue weighted by Gasteiger charge is -2.46. The summed E-state index contributed by atoms with van der Waals surface area (Å²) in [4.78, 5) is 0. The second kappa shape index (κ2) is 10.1. The monoisotopic (exact) mass is 782 g/mol. The summed E-state index contributed by atoms with van der Waals surface area (Å²) in [6.45, 7) is 0. The maximum Gasteiger partial charge on any atom is 0.460 e. The minimum atomic E-state index is -9.76. The molecule has 0 saturated carbocycles. The van der Waals surface area contributed by atoms with Crippen molar-refractivity contribution in [2.45, 2.75) is 75.0 Å². The van der Waals surface area contributed by atoms with Gasteiger partial charge < -0.3 is 0 Å². The van der Waals surface area contributed by atoms with Crippen molar-refractivity contribution in [3.05, 3.63) is 0 Å². The molecule has 0 radical (unpaired) electrons. The van der Waals surface area contributed by atoms with Crippen molar-refractivity contribution in [3.63, 3.8) is 0 Å². The van der Waals surface area contributed by atoms with Crippen LogP contribution >= 0.6 is 23.2 Å². The van der Waals surface area contributed by atoms with Crippen molar-refractivity contribution < 1.29 is 123 Å². The number of hydrogen-bond acceptors (Lipinski definition) is 2. The maximum absolute atomic E-state index is 13.9. The highest BCUT2D eigenvalue weighted by molar-refractivity contribution is 7.87. The molecule has 0 atom stereocenters. The Kier molecular flexibility index (Phi) is 9.83. The Hall–Kier alpha value is -1.26. The van der Waals surface area contributed by atoms with Gasteiger partial charge in [0.2, 0.25) is 0 Å². The van der Waals surface area contributed by atoms with Crippen LogP contribution < -0.4 is 0 Å². The average molecular weight is 783 g/mol. The Bertz CT molecular complexity index is 1200. The Morgan fingerprint density at radius 1 is 0.341 bits per heavy atom. The molecule has 0 saturated heterocycles. The summed E-state index contributed by atoms with van der Waals surface area (Å²) in [6, 6.07) is 0. The molecule has 0 unspecified atom stereocenters. The summed E-state index contributed by atoms with van der Waals surface area (Å²) in [5.41, 5.74) is 0. The van der Waals surface area contributed by atoms with Crippen LogP contribution in [-0.4, -0.2) is 88.0 Å². The predicted molar refractivity (Wildman–Crippen MR) is 86.5 cm³/mol. The minimum absolute atomic E-state index is 3.78. The molecule has 0 amide bonds. The second-order valence-electron chi connectivity index (χ2n) is 7.81. The van der Waals surface area contributed by atoms with Crippen LogP contribution in [0.25, 0.3) is 0 Å². The zero-order chi connectivity index (χ0) is 37.0. The first-order valence-electron chi connectivity index (χ1n) is 8.82. The van der Waals surface area contributed by atoms with Crippen LogP contribution in [0.4, 0.5) is 110 Å². The molecule has 0 bridgehead atoms. The molecule has 0 rings (SSSR count). The lowest BCUT2D eigenvalue weighted by Crippen LogP contribution is -2.78. The molecule has 0 heterocycles. The fourth-order valence-corrected chi connectivity index (χ4v) is 3.57. The topological polar surface area (TPSA) is 54.4 Å². The predicted octanol–water partition coefficient (Wildman–Crippen LogP) is 8.56. The Morgan fingerprint density at radius 2 is 0.500 bits per heavy atom. The SMILES string of the molecule is O=S(=O)(O)C(F)(F)C(Cl)(Cl)C(F)(F)C(F)(F)C(F)(F)C(F)(F)C(F)(F)C(F)(F)C(F)(F)C(F)(F)C(F)(F)C(F)(F)C(F)(F)F. The van der Waals surface area contributed by atoms with Gasteiger partial charge in [0.15, 0.2) is 0 Å². The summed E-state index contributed by atoms with van der Waals surface area (Å²) in [6.07, 6.45) is -8.24. The Labute approximate surface area is 231 Å². The number of hydrogen-bond donors (Lipinski definition) is 1. The van der Waals surface area contributed by atoms with Crippen molar-refractivity contribution in [2.75, 3.05) is 0 Å². The van der Waals surface area contributed by atoms with E-state index in [-0.39, 0.29) is 0 Å². The quantitative estimate of drug-likeness (QED) is 0.123. The van der Waals surface area contributed by atoms with Crippen molar-refractivity contribution in [3.8, 4) is 0 Å². The number of halogens is 27. The second-order valence-corrected chi connectivity index (χ2v) is 10.6. The fourth-order valence-electron chi connectivity index (χ4n) is 2.30. The first-order chi connectivity index (χ1) is 18.2. The molecule has 0 aromatic carbocycles. The molecule has 3 nitrogen and oxygen atoms in total. The van der Waals surface area contributed by atoms with Crippen molar-refractivity contribution in [1.82, 2.24) is 0 Å². The van der Waals surface area contributed by atoms with E-state index in [1.54, 1.807) is 0 Å². The average Bonchev–Trinajstić information content (AvgIpc) is 2.75. The molecule has 0 aliphatic rings. The van der Waals surface area contributed by atoms with Crippen LogP contribution in [0, 0.1) is 0 Å². The normalized spacial score (nSPS) is 17.3. The van der Waals surface area contributed by atoms with E-state index in [1.165, 1.54) is 0 Å². The Balaban J connectivity index is 7.56. The zero-order valence-corrected chi connectivity index (χ0v) is 20.7. The number of rotatable bonds is 12. The standard InChI is InChI=1S/C13HCl2F25O3S/c14-1(15,13(39,40)44(41,42)43)2(16,17)3(18,19)4(20,21)5(22,23)6(24,25)7(26,27)8(28,29)9(30,31)10(32,33)11(34,35)12(36,37)38/h(H,41,42,43). The van der Waals surface area contributed by atoms with Gasteiger partial charge in [0.1, 0.15) is 0 Å². The van der Waals surface area contributed by atoms with Gasteiger partial charge >= 0.3 is 80.8 Å². The molecule has 1 N–H and O–H groups in total. The summed E-state index contributed by atoms with van der Waals surface area (Å²) >= 11 is 7.56. The van der Waals surface area contributed by atoms with Crippen molar-refractivity contribution >= 4 is 33.3 Å². The van der Waals surface area contributed by atoms with E-state index in [0.29, 0.717) is 0 Å². The molecule has 0 fully saturated rings. The van der Waals surface area contributed by atoms with E-state index in [4.69, 9.17) is 4.55 Å². The maximum atomic E-state index is 13.9. The third-order valence-electron chi connectivity index (χ3n) is 4.99. The molecular weight excluding hydrogens is 782 g/mol. The van der Waals surface area contributed by atoms with Gasteiger partial charge in [-0.25, -0.2) is 0 Å². The van der Waals surface area contributed by atoms with Gasteiger partial charge in [-0.1, -0.05) is 23.2 Å². The zero-order valence-electron chi connectivity index (χ0n) is 18.4. The molecule has 0 aliphatic carbocycles. The minimum Gasteiger partial charge on any atom is -0.281 e. The van der Waals surface area contributed by atoms with E-state index in [1.807, 2.05) is 0 Å². The highest BCUT2D eigenvalue weighted by Gasteiger charge is 3.00. The molecule has 266 valence electrons. The van der Waals surface area contributed by atoms with Crippen LogP contribution in [0.5, 0.6) is 0 Å². The van der Waals surface area contributed by atoms with Gasteiger partial charge in [-0.05, 0) is 0 Å². The lowest BCUT2D eigenvalue weighted by molar-refractivity contribution is -0.479. The van der Waals surface area contributed by atoms with Gasteiger partial charge in [-0.15, -0.1) is 0 Å².